The number of carbonyl (C=O) groups is 2. The lowest BCUT2D eigenvalue weighted by Gasteiger charge is -2.43. The molecular weight excluding hydrogens is 344 g/mol. The van der Waals surface area contributed by atoms with Crippen LogP contribution in [-0.4, -0.2) is 46.7 Å². The van der Waals surface area contributed by atoms with E-state index in [1.165, 1.54) is 0 Å². The van der Waals surface area contributed by atoms with Crippen molar-refractivity contribution in [2.24, 2.45) is 11.3 Å². The number of hydrogen-bond donors (Lipinski definition) is 2. The number of hydrogen-bond acceptors (Lipinski definition) is 4. The van der Waals surface area contributed by atoms with Crippen LogP contribution in [-0.2, 0) is 4.79 Å². The maximum Gasteiger partial charge on any atom is 0.325 e. The molecule has 1 aromatic carbocycles. The van der Waals surface area contributed by atoms with Gasteiger partial charge in [0.1, 0.15) is 24.0 Å². The van der Waals surface area contributed by atoms with Gasteiger partial charge < -0.3 is 15.2 Å². The summed E-state index contributed by atoms with van der Waals surface area (Å²) in [5.41, 5.74) is 0.214. The van der Waals surface area contributed by atoms with Crippen molar-refractivity contribution < 1.29 is 19.4 Å². The van der Waals surface area contributed by atoms with Crippen LogP contribution in [0.3, 0.4) is 0 Å². The molecule has 1 aliphatic carbocycles. The molecular formula is C21H30N2O4. The van der Waals surface area contributed by atoms with Gasteiger partial charge in [-0.15, -0.1) is 0 Å². The van der Waals surface area contributed by atoms with Crippen LogP contribution < -0.4 is 10.1 Å². The predicted molar refractivity (Wildman–Crippen MR) is 102 cm³/mol. The van der Waals surface area contributed by atoms with Crippen molar-refractivity contribution in [1.82, 2.24) is 10.2 Å². The molecule has 0 aromatic heterocycles. The minimum atomic E-state index is -0.940. The number of aliphatic hydroxyl groups is 1. The molecule has 2 N–H and O–H groups in total. The van der Waals surface area contributed by atoms with Crippen molar-refractivity contribution in [3.05, 3.63) is 29.8 Å². The molecule has 1 spiro atoms. The van der Waals surface area contributed by atoms with Gasteiger partial charge in [-0.05, 0) is 55.2 Å². The third kappa shape index (κ3) is 4.26. The van der Waals surface area contributed by atoms with Crippen LogP contribution in [0.25, 0.3) is 0 Å². The van der Waals surface area contributed by atoms with E-state index in [0.29, 0.717) is 24.5 Å². The molecule has 1 aromatic rings. The molecule has 3 rings (SSSR count). The van der Waals surface area contributed by atoms with E-state index in [4.69, 9.17) is 4.74 Å². The van der Waals surface area contributed by atoms with E-state index < -0.39 is 17.7 Å². The van der Waals surface area contributed by atoms with Gasteiger partial charge in [-0.2, -0.15) is 0 Å². The summed E-state index contributed by atoms with van der Waals surface area (Å²) in [6.45, 7) is 8.31. The molecule has 6 nitrogen and oxygen atoms in total. The molecule has 0 unspecified atom stereocenters. The van der Waals surface area contributed by atoms with Gasteiger partial charge in [0.05, 0.1) is 6.54 Å². The van der Waals surface area contributed by atoms with Gasteiger partial charge >= 0.3 is 6.03 Å². The van der Waals surface area contributed by atoms with Crippen molar-refractivity contribution in [3.8, 4) is 5.75 Å². The maximum absolute atomic E-state index is 13.1. The normalized spacial score (nSPS) is 28.3. The maximum atomic E-state index is 13.1. The minimum absolute atomic E-state index is 0.0104. The number of ether oxygens (including phenoxy) is 1. The van der Waals surface area contributed by atoms with Crippen molar-refractivity contribution in [2.45, 2.75) is 58.6 Å². The van der Waals surface area contributed by atoms with Gasteiger partial charge in [-0.3, -0.25) is 9.69 Å². The summed E-state index contributed by atoms with van der Waals surface area (Å²) in [5, 5.41) is 13.2. The standard InChI is InChI=1S/C21H30N2O4/c1-14-6-5-7-17(8-14)27-12-16(24)11-23-18(25)21(22-19(23)26)10-15(2)9-20(3,4)13-21/h5-8,15-16,24H,9-13H2,1-4H3,(H,22,26)/t15-,16+,21-/m0/s1. The summed E-state index contributed by atoms with van der Waals surface area (Å²) in [4.78, 5) is 26.7. The summed E-state index contributed by atoms with van der Waals surface area (Å²) < 4.78 is 5.60. The number of rotatable bonds is 5. The average molecular weight is 374 g/mol. The number of urea groups is 1. The third-order valence-corrected chi connectivity index (χ3v) is 5.45. The first-order valence-corrected chi connectivity index (χ1v) is 9.62. The second-order valence-electron chi connectivity index (χ2n) is 9.06. The Morgan fingerprint density at radius 3 is 2.74 bits per heavy atom. The number of carbonyl (C=O) groups excluding carboxylic acids is 2. The van der Waals surface area contributed by atoms with Gasteiger partial charge in [0, 0.05) is 0 Å². The Labute approximate surface area is 160 Å². The van der Waals surface area contributed by atoms with Crippen LogP contribution in [0.15, 0.2) is 24.3 Å². The molecule has 1 saturated heterocycles. The number of nitrogens with one attached hydrogen (secondary N) is 1. The first-order valence-electron chi connectivity index (χ1n) is 9.62. The van der Waals surface area contributed by atoms with E-state index in [-0.39, 0.29) is 24.5 Å². The second-order valence-corrected chi connectivity index (χ2v) is 9.06. The third-order valence-electron chi connectivity index (χ3n) is 5.45. The molecule has 0 radical (unpaired) electrons. The van der Waals surface area contributed by atoms with Crippen molar-refractivity contribution >= 4 is 11.9 Å². The van der Waals surface area contributed by atoms with Crippen LogP contribution in [0.1, 0.15) is 45.6 Å². The highest BCUT2D eigenvalue weighted by atomic mass is 16.5. The van der Waals surface area contributed by atoms with Gasteiger partial charge in [0.2, 0.25) is 0 Å². The van der Waals surface area contributed by atoms with Crippen molar-refractivity contribution in [3.63, 3.8) is 0 Å². The zero-order chi connectivity index (χ0) is 19.8. The minimum Gasteiger partial charge on any atom is -0.491 e. The average Bonchev–Trinajstić information content (AvgIpc) is 2.74. The zero-order valence-corrected chi connectivity index (χ0v) is 16.6. The fraction of sp³-hybridized carbons (Fsp3) is 0.619. The number of imide groups is 1. The van der Waals surface area contributed by atoms with E-state index >= 15 is 0 Å². The number of β-amino-alcohol motifs (C(OH)–C–C–N with tert-alkyl or cyclic N) is 1. The molecule has 3 atom stereocenters. The van der Waals surface area contributed by atoms with E-state index in [2.05, 4.69) is 26.1 Å². The summed E-state index contributed by atoms with van der Waals surface area (Å²) in [6.07, 6.45) is 1.36. The molecule has 2 aliphatic rings. The molecule has 1 heterocycles. The lowest BCUT2D eigenvalue weighted by Crippen LogP contribution is -2.54. The van der Waals surface area contributed by atoms with Crippen LogP contribution >= 0.6 is 0 Å². The number of nitrogens with zero attached hydrogens (tertiary/aromatic N) is 1. The number of amides is 3. The monoisotopic (exact) mass is 374 g/mol. The summed E-state index contributed by atoms with van der Waals surface area (Å²) in [6, 6.07) is 7.11. The van der Waals surface area contributed by atoms with Crippen LogP contribution in [0.2, 0.25) is 0 Å². The van der Waals surface area contributed by atoms with E-state index in [1.54, 1.807) is 0 Å². The largest absolute Gasteiger partial charge is 0.491 e. The predicted octanol–water partition coefficient (Wildman–Crippen LogP) is 2.87. The zero-order valence-electron chi connectivity index (χ0n) is 16.6. The Bertz CT molecular complexity index is 733. The second kappa shape index (κ2) is 7.15. The SMILES string of the molecule is Cc1cccc(OC[C@H](O)CN2C(=O)N[C@]3(C[C@@H](C)CC(C)(C)C3)C2=O)c1. The number of aryl methyl sites for hydroxylation is 1. The highest BCUT2D eigenvalue weighted by Gasteiger charge is 2.56. The Balaban J connectivity index is 1.63. The Morgan fingerprint density at radius 2 is 2.07 bits per heavy atom. The summed E-state index contributed by atoms with van der Waals surface area (Å²) in [7, 11) is 0. The fourth-order valence-electron chi connectivity index (χ4n) is 4.83. The number of aliphatic hydroxyl groups excluding tert-OH is 1. The topological polar surface area (TPSA) is 78.9 Å². The van der Waals surface area contributed by atoms with Gasteiger partial charge in [-0.25, -0.2) is 4.79 Å². The van der Waals surface area contributed by atoms with E-state index in [0.717, 1.165) is 16.9 Å². The van der Waals surface area contributed by atoms with Gasteiger partial charge in [-0.1, -0.05) is 32.9 Å². The highest BCUT2D eigenvalue weighted by molar-refractivity contribution is 6.07. The van der Waals surface area contributed by atoms with E-state index in [1.807, 2.05) is 31.2 Å². The van der Waals surface area contributed by atoms with Crippen molar-refractivity contribution in [2.75, 3.05) is 13.2 Å². The lowest BCUT2D eigenvalue weighted by molar-refractivity contribution is -0.135. The molecule has 1 saturated carbocycles. The molecule has 27 heavy (non-hydrogen) atoms. The molecule has 0 bridgehead atoms. The number of benzene rings is 1. The molecule has 3 amide bonds. The fourth-order valence-corrected chi connectivity index (χ4v) is 4.83. The molecule has 6 heteroatoms. The molecule has 1 aliphatic heterocycles. The van der Waals surface area contributed by atoms with Gasteiger partial charge in [0.25, 0.3) is 5.91 Å². The Kier molecular flexibility index (Phi) is 5.21. The Hall–Kier alpha value is -2.08. The van der Waals surface area contributed by atoms with Crippen LogP contribution in [0.4, 0.5) is 4.79 Å². The summed E-state index contributed by atoms with van der Waals surface area (Å²) >= 11 is 0. The first-order chi connectivity index (χ1) is 12.6. The van der Waals surface area contributed by atoms with Crippen molar-refractivity contribution in [1.29, 1.82) is 0 Å². The Morgan fingerprint density at radius 1 is 1.33 bits per heavy atom. The highest BCUT2D eigenvalue weighted by Crippen LogP contribution is 2.46. The molecule has 2 fully saturated rings. The summed E-state index contributed by atoms with van der Waals surface area (Å²) in [5.74, 6) is 0.792. The lowest BCUT2D eigenvalue weighted by atomic mass is 9.64. The van der Waals surface area contributed by atoms with E-state index in [9.17, 15) is 14.7 Å². The van der Waals surface area contributed by atoms with Crippen LogP contribution in [0, 0.1) is 18.3 Å². The smallest absolute Gasteiger partial charge is 0.325 e. The quantitative estimate of drug-likeness (QED) is 0.777. The first kappa shape index (κ1) is 19.7. The van der Waals surface area contributed by atoms with Gasteiger partial charge in [0.15, 0.2) is 0 Å². The van der Waals surface area contributed by atoms with Crippen LogP contribution in [0.5, 0.6) is 5.75 Å². The molecule has 148 valence electrons.